The standard InChI is InChI=1S/C24H33NO3/c1-5-6-7-8-16-14-19-21(22(26)20(16)23(27)25-11-12-25)17-13-15(2)9-10-18(17)24(3,4)28-19/h13-14,17-18,26H,5-12H2,1-4H3. The first kappa shape index (κ1) is 19.4. The van der Waals surface area contributed by atoms with Crippen molar-refractivity contribution >= 4 is 5.91 Å². The van der Waals surface area contributed by atoms with E-state index in [1.165, 1.54) is 5.57 Å². The maximum Gasteiger partial charge on any atom is 0.258 e. The van der Waals surface area contributed by atoms with Crippen molar-refractivity contribution in [1.82, 2.24) is 4.90 Å². The van der Waals surface area contributed by atoms with Crippen molar-refractivity contribution in [2.45, 2.75) is 77.7 Å². The summed E-state index contributed by atoms with van der Waals surface area (Å²) < 4.78 is 6.45. The van der Waals surface area contributed by atoms with Gasteiger partial charge in [-0.05, 0) is 58.1 Å². The topological polar surface area (TPSA) is 49.5 Å². The highest BCUT2D eigenvalue weighted by molar-refractivity contribution is 6.00. The lowest BCUT2D eigenvalue weighted by Gasteiger charge is -2.46. The molecular weight excluding hydrogens is 350 g/mol. The highest BCUT2D eigenvalue weighted by atomic mass is 16.5. The first-order valence-corrected chi connectivity index (χ1v) is 10.9. The summed E-state index contributed by atoms with van der Waals surface area (Å²) in [4.78, 5) is 14.8. The third-order valence-electron chi connectivity index (χ3n) is 6.73. The number of hydrogen-bond donors (Lipinski definition) is 1. The number of fused-ring (bicyclic) bond motifs is 3. The van der Waals surface area contributed by atoms with Gasteiger partial charge in [-0.2, -0.15) is 0 Å². The average Bonchev–Trinajstić information content (AvgIpc) is 3.45. The van der Waals surface area contributed by atoms with Crippen LogP contribution in [0.5, 0.6) is 11.5 Å². The van der Waals surface area contributed by atoms with Crippen molar-refractivity contribution in [2.24, 2.45) is 5.92 Å². The van der Waals surface area contributed by atoms with Crippen LogP contribution in [0.2, 0.25) is 0 Å². The second-order valence-electron chi connectivity index (χ2n) is 9.31. The van der Waals surface area contributed by atoms with Crippen LogP contribution in [0.1, 0.15) is 87.2 Å². The highest BCUT2D eigenvalue weighted by Crippen LogP contribution is 2.54. The maximum absolute atomic E-state index is 13.0. The first-order valence-electron chi connectivity index (χ1n) is 10.9. The van der Waals surface area contributed by atoms with Crippen LogP contribution in [0.25, 0.3) is 0 Å². The van der Waals surface area contributed by atoms with Crippen LogP contribution in [0, 0.1) is 5.92 Å². The third kappa shape index (κ3) is 3.31. The molecule has 1 N–H and O–H groups in total. The van der Waals surface area contributed by atoms with E-state index in [-0.39, 0.29) is 23.2 Å². The summed E-state index contributed by atoms with van der Waals surface area (Å²) in [5.41, 5.74) is 3.36. The molecule has 0 spiro atoms. The molecule has 2 unspecified atom stereocenters. The van der Waals surface area contributed by atoms with Crippen molar-refractivity contribution in [2.75, 3.05) is 13.1 Å². The number of benzene rings is 1. The van der Waals surface area contributed by atoms with Gasteiger partial charge in [-0.25, -0.2) is 0 Å². The van der Waals surface area contributed by atoms with E-state index >= 15 is 0 Å². The van der Waals surface area contributed by atoms with Gasteiger partial charge in [0.05, 0.1) is 5.56 Å². The Morgan fingerprint density at radius 1 is 1.32 bits per heavy atom. The Balaban J connectivity index is 1.85. The molecular formula is C24H33NO3. The molecule has 1 aliphatic carbocycles. The highest BCUT2D eigenvalue weighted by Gasteiger charge is 2.46. The van der Waals surface area contributed by atoms with Gasteiger partial charge >= 0.3 is 0 Å². The fourth-order valence-electron chi connectivity index (χ4n) is 5.02. The fraction of sp³-hybridized carbons (Fsp3) is 0.625. The van der Waals surface area contributed by atoms with Crippen LogP contribution >= 0.6 is 0 Å². The first-order chi connectivity index (χ1) is 13.3. The number of aromatic hydroxyl groups is 1. The summed E-state index contributed by atoms with van der Waals surface area (Å²) in [5.74, 6) is 1.33. The molecule has 152 valence electrons. The van der Waals surface area contributed by atoms with Gasteiger partial charge in [-0.3, -0.25) is 4.79 Å². The van der Waals surface area contributed by atoms with E-state index in [0.717, 1.165) is 68.5 Å². The molecule has 28 heavy (non-hydrogen) atoms. The minimum atomic E-state index is -0.284. The molecule has 0 saturated carbocycles. The van der Waals surface area contributed by atoms with Gasteiger partial charge in [0.25, 0.3) is 5.91 Å². The van der Waals surface area contributed by atoms with Crippen LogP contribution < -0.4 is 4.74 Å². The monoisotopic (exact) mass is 383 g/mol. The van der Waals surface area contributed by atoms with E-state index in [0.29, 0.717) is 11.5 Å². The Kier molecular flexibility index (Phi) is 4.93. The van der Waals surface area contributed by atoms with E-state index in [2.05, 4.69) is 39.8 Å². The minimum Gasteiger partial charge on any atom is -0.507 e. The summed E-state index contributed by atoms with van der Waals surface area (Å²) in [6.45, 7) is 10.2. The van der Waals surface area contributed by atoms with Crippen LogP contribution in [-0.2, 0) is 6.42 Å². The Labute approximate surface area is 168 Å². The van der Waals surface area contributed by atoms with E-state index < -0.39 is 0 Å². The number of ether oxygens (including phenoxy) is 1. The van der Waals surface area contributed by atoms with Gasteiger partial charge in [0.2, 0.25) is 0 Å². The van der Waals surface area contributed by atoms with Gasteiger partial charge in [-0.15, -0.1) is 0 Å². The van der Waals surface area contributed by atoms with E-state index in [1.54, 1.807) is 4.90 Å². The van der Waals surface area contributed by atoms with E-state index in [9.17, 15) is 9.90 Å². The predicted molar refractivity (Wildman–Crippen MR) is 111 cm³/mol. The fourth-order valence-corrected chi connectivity index (χ4v) is 5.02. The molecule has 3 aliphatic rings. The van der Waals surface area contributed by atoms with Crippen LogP contribution in [0.15, 0.2) is 17.7 Å². The number of hydrogen-bond acceptors (Lipinski definition) is 3. The van der Waals surface area contributed by atoms with Gasteiger partial charge in [0.15, 0.2) is 0 Å². The quantitative estimate of drug-likeness (QED) is 0.432. The summed E-state index contributed by atoms with van der Waals surface area (Å²) in [6.07, 6.45) is 8.47. The zero-order chi connectivity index (χ0) is 20.1. The van der Waals surface area contributed by atoms with Crippen molar-refractivity contribution in [3.05, 3.63) is 34.4 Å². The molecule has 2 heterocycles. The number of rotatable bonds is 5. The van der Waals surface area contributed by atoms with E-state index in [4.69, 9.17) is 4.74 Å². The van der Waals surface area contributed by atoms with E-state index in [1.807, 2.05) is 0 Å². The number of phenolic OH excluding ortho intramolecular Hbond substituents is 1. The largest absolute Gasteiger partial charge is 0.507 e. The molecule has 1 fully saturated rings. The molecule has 4 rings (SSSR count). The SMILES string of the molecule is CCCCCc1cc2c(c(O)c1C(=O)N1CC1)C1C=C(C)CCC1C(C)(C)O2. The molecule has 4 nitrogen and oxygen atoms in total. The van der Waals surface area contributed by atoms with Crippen LogP contribution in [0.4, 0.5) is 0 Å². The summed E-state index contributed by atoms with van der Waals surface area (Å²) >= 11 is 0. The lowest BCUT2D eigenvalue weighted by atomic mass is 9.67. The molecule has 0 radical (unpaired) electrons. The molecule has 4 heteroatoms. The number of unbranched alkanes of at least 4 members (excludes halogenated alkanes) is 2. The molecule has 2 aliphatic heterocycles. The van der Waals surface area contributed by atoms with Crippen molar-refractivity contribution in [3.63, 3.8) is 0 Å². The Hall–Kier alpha value is -1.97. The van der Waals surface area contributed by atoms with Gasteiger partial charge in [0, 0.05) is 30.5 Å². The number of carbonyl (C=O) groups excluding carboxylic acids is 1. The average molecular weight is 384 g/mol. The number of aryl methyl sites for hydroxylation is 1. The van der Waals surface area contributed by atoms with Crippen LogP contribution in [0.3, 0.4) is 0 Å². The molecule has 0 aromatic heterocycles. The van der Waals surface area contributed by atoms with Gasteiger partial charge in [0.1, 0.15) is 17.1 Å². The Morgan fingerprint density at radius 2 is 2.07 bits per heavy atom. The summed E-state index contributed by atoms with van der Waals surface area (Å²) in [5, 5.41) is 11.4. The number of phenols is 1. The smallest absolute Gasteiger partial charge is 0.258 e. The lowest BCUT2D eigenvalue weighted by molar-refractivity contribution is 0.0106. The summed E-state index contributed by atoms with van der Waals surface area (Å²) in [7, 11) is 0. The molecule has 1 aromatic rings. The number of nitrogens with zero attached hydrogens (tertiary/aromatic N) is 1. The Morgan fingerprint density at radius 3 is 2.75 bits per heavy atom. The lowest BCUT2D eigenvalue weighted by Crippen LogP contribution is -2.45. The van der Waals surface area contributed by atoms with Gasteiger partial charge in [-0.1, -0.05) is 31.4 Å². The van der Waals surface area contributed by atoms with Crippen molar-refractivity contribution in [1.29, 1.82) is 0 Å². The second-order valence-corrected chi connectivity index (χ2v) is 9.31. The number of carbonyl (C=O) groups is 1. The van der Waals surface area contributed by atoms with Crippen molar-refractivity contribution in [3.8, 4) is 11.5 Å². The number of amides is 1. The zero-order valence-electron chi connectivity index (χ0n) is 17.7. The minimum absolute atomic E-state index is 0.0234. The molecule has 0 bridgehead atoms. The maximum atomic E-state index is 13.0. The van der Waals surface area contributed by atoms with Crippen LogP contribution in [-0.4, -0.2) is 34.6 Å². The second kappa shape index (κ2) is 7.13. The van der Waals surface area contributed by atoms with Gasteiger partial charge < -0.3 is 14.7 Å². The Bertz CT molecular complexity index is 820. The molecule has 2 atom stereocenters. The molecule has 1 aromatic carbocycles. The summed E-state index contributed by atoms with van der Waals surface area (Å²) in [6, 6.07) is 2.05. The predicted octanol–water partition coefficient (Wildman–Crippen LogP) is 5.19. The normalized spacial score (nSPS) is 24.7. The van der Waals surface area contributed by atoms with Crippen molar-refractivity contribution < 1.29 is 14.6 Å². The molecule has 1 saturated heterocycles. The zero-order valence-corrected chi connectivity index (χ0v) is 17.7. The third-order valence-corrected chi connectivity index (χ3v) is 6.73. The number of allylic oxidation sites excluding steroid dienone is 2. The molecule has 1 amide bonds.